The fraction of sp³-hybridized carbons (Fsp3) is 0.333. The first kappa shape index (κ1) is 24.1. The second-order valence-corrected chi connectivity index (χ2v) is 10.3. The van der Waals surface area contributed by atoms with E-state index in [4.69, 9.17) is 16.7 Å². The number of carbonyl (C=O) groups is 2. The quantitative estimate of drug-likeness (QED) is 0.557. The average molecular weight is 487 g/mol. The second kappa shape index (κ2) is 9.51. The molecular formula is C21H21ClF2N2O5S. The molecule has 32 heavy (non-hydrogen) atoms. The highest BCUT2D eigenvalue weighted by molar-refractivity contribution is 7.92. The predicted molar refractivity (Wildman–Crippen MR) is 114 cm³/mol. The lowest BCUT2D eigenvalue weighted by Crippen LogP contribution is -2.47. The van der Waals surface area contributed by atoms with Gasteiger partial charge < -0.3 is 15.7 Å². The summed E-state index contributed by atoms with van der Waals surface area (Å²) in [7, 11) is -3.93. The lowest BCUT2D eigenvalue weighted by molar-refractivity contribution is -0.128. The Hall–Kier alpha value is -2.56. The topological polar surface area (TPSA) is 113 Å². The molecule has 0 aliphatic heterocycles. The van der Waals surface area contributed by atoms with Gasteiger partial charge in [-0.25, -0.2) is 17.2 Å². The Balaban J connectivity index is 1.74. The van der Waals surface area contributed by atoms with Crippen molar-refractivity contribution in [2.45, 2.75) is 36.0 Å². The third-order valence-corrected chi connectivity index (χ3v) is 7.90. The molecule has 2 aromatic carbocycles. The molecular weight excluding hydrogens is 466 g/mol. The van der Waals surface area contributed by atoms with E-state index >= 15 is 0 Å². The van der Waals surface area contributed by atoms with Crippen molar-refractivity contribution in [1.29, 1.82) is 0 Å². The summed E-state index contributed by atoms with van der Waals surface area (Å²) in [6.07, 6.45) is 0.182. The SMILES string of the molecule is C[C@@H](CO)NC(=O)C1CC(S(=O)(=O)c2cc(C(=O)Nc3ccc(F)c(F)c3)ccc2Cl)C1. The Morgan fingerprint density at radius 1 is 1.16 bits per heavy atom. The lowest BCUT2D eigenvalue weighted by atomic mass is 9.84. The van der Waals surface area contributed by atoms with Gasteiger partial charge in [-0.05, 0) is 50.1 Å². The van der Waals surface area contributed by atoms with Crippen LogP contribution in [0.15, 0.2) is 41.3 Å². The van der Waals surface area contributed by atoms with Crippen molar-refractivity contribution in [3.05, 3.63) is 58.6 Å². The largest absolute Gasteiger partial charge is 0.394 e. The standard InChI is InChI=1S/C21H21ClF2N2O5S/c1-11(10-27)25-21(29)13-6-15(7-13)32(30,31)19-8-12(2-4-16(19)22)20(28)26-14-3-5-17(23)18(24)9-14/h2-5,8-9,11,13,15,27H,6-7,10H2,1H3,(H,25,29)(H,26,28)/t11-,13?,15?/m0/s1. The summed E-state index contributed by atoms with van der Waals surface area (Å²) >= 11 is 6.09. The summed E-state index contributed by atoms with van der Waals surface area (Å²) in [6.45, 7) is 1.40. The summed E-state index contributed by atoms with van der Waals surface area (Å²) in [4.78, 5) is 24.3. The number of rotatable bonds is 7. The number of anilines is 1. The molecule has 2 aromatic rings. The molecule has 11 heteroatoms. The van der Waals surface area contributed by atoms with Crippen LogP contribution in [0.2, 0.25) is 5.02 Å². The van der Waals surface area contributed by atoms with Crippen molar-refractivity contribution < 1.29 is 31.9 Å². The maximum absolute atomic E-state index is 13.4. The number of hydrogen-bond acceptors (Lipinski definition) is 5. The average Bonchev–Trinajstić information content (AvgIpc) is 2.69. The number of halogens is 3. The Labute approximate surface area is 188 Å². The van der Waals surface area contributed by atoms with E-state index in [9.17, 15) is 26.8 Å². The zero-order chi connectivity index (χ0) is 23.6. The number of sulfone groups is 1. The van der Waals surface area contributed by atoms with Gasteiger partial charge in [0.1, 0.15) is 0 Å². The van der Waals surface area contributed by atoms with Crippen LogP contribution in [0.3, 0.4) is 0 Å². The summed E-state index contributed by atoms with van der Waals surface area (Å²) in [6, 6.07) is 6.09. The first-order valence-corrected chi connectivity index (χ1v) is 11.7. The predicted octanol–water partition coefficient (Wildman–Crippen LogP) is 2.92. The fourth-order valence-corrected chi connectivity index (χ4v) is 5.66. The molecule has 172 valence electrons. The van der Waals surface area contributed by atoms with E-state index in [1.165, 1.54) is 18.2 Å². The molecule has 0 unspecified atom stereocenters. The van der Waals surface area contributed by atoms with E-state index in [-0.39, 0.29) is 46.5 Å². The van der Waals surface area contributed by atoms with E-state index in [0.717, 1.165) is 18.2 Å². The van der Waals surface area contributed by atoms with Crippen molar-refractivity contribution in [3.8, 4) is 0 Å². The van der Waals surface area contributed by atoms with Gasteiger partial charge in [-0.15, -0.1) is 0 Å². The molecule has 0 bridgehead atoms. The zero-order valence-corrected chi connectivity index (χ0v) is 18.5. The molecule has 0 heterocycles. The minimum atomic E-state index is -3.93. The van der Waals surface area contributed by atoms with Crippen molar-refractivity contribution in [3.63, 3.8) is 0 Å². The third-order valence-electron chi connectivity index (χ3n) is 5.24. The van der Waals surface area contributed by atoms with E-state index in [2.05, 4.69) is 10.6 Å². The van der Waals surface area contributed by atoms with E-state index in [1.54, 1.807) is 6.92 Å². The molecule has 1 aliphatic rings. The molecule has 1 saturated carbocycles. The van der Waals surface area contributed by atoms with Crippen LogP contribution in [0.5, 0.6) is 0 Å². The molecule has 0 aromatic heterocycles. The van der Waals surface area contributed by atoms with Crippen LogP contribution in [0.25, 0.3) is 0 Å². The van der Waals surface area contributed by atoms with Crippen LogP contribution in [0, 0.1) is 17.6 Å². The van der Waals surface area contributed by atoms with Gasteiger partial charge in [0.05, 0.1) is 21.8 Å². The Morgan fingerprint density at radius 2 is 1.84 bits per heavy atom. The monoisotopic (exact) mass is 486 g/mol. The van der Waals surface area contributed by atoms with Crippen LogP contribution < -0.4 is 10.6 Å². The normalized spacial score (nSPS) is 19.0. The first-order valence-electron chi connectivity index (χ1n) is 9.74. The molecule has 1 fully saturated rings. The van der Waals surface area contributed by atoms with Gasteiger partial charge in [-0.1, -0.05) is 11.6 Å². The lowest BCUT2D eigenvalue weighted by Gasteiger charge is -2.34. The number of carbonyl (C=O) groups excluding carboxylic acids is 2. The summed E-state index contributed by atoms with van der Waals surface area (Å²) in [5.41, 5.74) is -0.0405. The Kier molecular flexibility index (Phi) is 7.16. The van der Waals surface area contributed by atoms with Crippen molar-refractivity contribution in [2.75, 3.05) is 11.9 Å². The Morgan fingerprint density at radius 3 is 2.47 bits per heavy atom. The summed E-state index contributed by atoms with van der Waals surface area (Å²) in [5.74, 6) is -3.76. The smallest absolute Gasteiger partial charge is 0.255 e. The van der Waals surface area contributed by atoms with Gasteiger partial charge in [0.15, 0.2) is 21.5 Å². The molecule has 3 rings (SSSR count). The van der Waals surface area contributed by atoms with Gasteiger partial charge in [-0.2, -0.15) is 0 Å². The number of benzene rings is 2. The molecule has 7 nitrogen and oxygen atoms in total. The molecule has 0 radical (unpaired) electrons. The highest BCUT2D eigenvalue weighted by atomic mass is 35.5. The van der Waals surface area contributed by atoms with Gasteiger partial charge >= 0.3 is 0 Å². The second-order valence-electron chi connectivity index (χ2n) is 7.66. The molecule has 1 atom stereocenters. The van der Waals surface area contributed by atoms with Gasteiger partial charge in [-0.3, -0.25) is 9.59 Å². The number of aliphatic hydroxyl groups is 1. The van der Waals surface area contributed by atoms with Gasteiger partial charge in [0.2, 0.25) is 5.91 Å². The minimum Gasteiger partial charge on any atom is -0.394 e. The molecule has 0 spiro atoms. The van der Waals surface area contributed by atoms with Gasteiger partial charge in [0.25, 0.3) is 5.91 Å². The highest BCUT2D eigenvalue weighted by Gasteiger charge is 2.43. The molecule has 2 amide bonds. The number of nitrogens with one attached hydrogen (secondary N) is 2. The third kappa shape index (κ3) is 5.08. The number of aliphatic hydroxyl groups excluding tert-OH is 1. The number of hydrogen-bond donors (Lipinski definition) is 3. The van der Waals surface area contributed by atoms with Crippen LogP contribution in [0.1, 0.15) is 30.1 Å². The Bertz CT molecular complexity index is 1150. The van der Waals surface area contributed by atoms with Crippen LogP contribution in [-0.4, -0.2) is 43.2 Å². The molecule has 3 N–H and O–H groups in total. The van der Waals surface area contributed by atoms with Crippen LogP contribution in [0.4, 0.5) is 14.5 Å². The van der Waals surface area contributed by atoms with Crippen molar-refractivity contribution in [2.24, 2.45) is 5.92 Å². The van der Waals surface area contributed by atoms with E-state index in [0.29, 0.717) is 0 Å². The maximum atomic E-state index is 13.4. The van der Waals surface area contributed by atoms with Crippen LogP contribution >= 0.6 is 11.6 Å². The van der Waals surface area contributed by atoms with Crippen molar-refractivity contribution in [1.82, 2.24) is 5.32 Å². The maximum Gasteiger partial charge on any atom is 0.255 e. The fourth-order valence-electron chi connectivity index (χ4n) is 3.26. The van der Waals surface area contributed by atoms with Gasteiger partial charge in [0, 0.05) is 29.3 Å². The minimum absolute atomic E-state index is 0.00166. The summed E-state index contributed by atoms with van der Waals surface area (Å²) in [5, 5.41) is 13.1. The van der Waals surface area contributed by atoms with E-state index in [1.807, 2.05) is 0 Å². The highest BCUT2D eigenvalue weighted by Crippen LogP contribution is 2.38. The van der Waals surface area contributed by atoms with Crippen LogP contribution in [-0.2, 0) is 14.6 Å². The number of amides is 2. The zero-order valence-electron chi connectivity index (χ0n) is 16.9. The molecule has 0 saturated heterocycles. The summed E-state index contributed by atoms with van der Waals surface area (Å²) < 4.78 is 52.4. The first-order chi connectivity index (χ1) is 15.0. The van der Waals surface area contributed by atoms with E-state index < -0.39 is 44.6 Å². The molecule has 1 aliphatic carbocycles. The van der Waals surface area contributed by atoms with Crippen molar-refractivity contribution >= 4 is 38.9 Å².